The predicted octanol–water partition coefficient (Wildman–Crippen LogP) is 6.54. The van der Waals surface area contributed by atoms with E-state index >= 15 is 0 Å². The third kappa shape index (κ3) is 5.79. The Bertz CT molecular complexity index is 1610. The van der Waals surface area contributed by atoms with Gasteiger partial charge < -0.3 is 14.5 Å². The van der Waals surface area contributed by atoms with Crippen molar-refractivity contribution in [2.24, 2.45) is 0 Å². The van der Waals surface area contributed by atoms with Crippen LogP contribution >= 0.6 is 27.7 Å². The summed E-state index contributed by atoms with van der Waals surface area (Å²) in [6.07, 6.45) is 1.79. The molecule has 1 N–H and O–H groups in total. The van der Waals surface area contributed by atoms with Crippen LogP contribution in [0.25, 0.3) is 27.9 Å². The van der Waals surface area contributed by atoms with Gasteiger partial charge in [-0.25, -0.2) is 9.78 Å². The van der Waals surface area contributed by atoms with Crippen LogP contribution in [0.3, 0.4) is 0 Å². The number of amides is 1. The molecule has 5 rings (SSSR count). The number of halogens is 1. The fourth-order valence-electron chi connectivity index (χ4n) is 3.75. The van der Waals surface area contributed by atoms with Crippen molar-refractivity contribution in [3.63, 3.8) is 0 Å². The predicted molar refractivity (Wildman–Crippen MR) is 150 cm³/mol. The van der Waals surface area contributed by atoms with Crippen LogP contribution in [0.5, 0.6) is 5.75 Å². The second kappa shape index (κ2) is 11.1. The highest BCUT2D eigenvalue weighted by Crippen LogP contribution is 2.28. The molecule has 0 unspecified atom stereocenters. The summed E-state index contributed by atoms with van der Waals surface area (Å²) in [5.41, 5.74) is 2.40. The minimum absolute atomic E-state index is 0.131. The summed E-state index contributed by atoms with van der Waals surface area (Å²) < 4.78 is 13.8. The number of nitrogens with zero attached hydrogens (tertiary/aromatic N) is 2. The van der Waals surface area contributed by atoms with E-state index < -0.39 is 5.63 Å². The number of para-hydroxylation sites is 1. The third-order valence-electron chi connectivity index (χ3n) is 5.48. The number of carbonyl (C=O) groups is 1. The summed E-state index contributed by atoms with van der Waals surface area (Å²) >= 11 is 4.74. The zero-order chi connectivity index (χ0) is 25.8. The van der Waals surface area contributed by atoms with Crippen molar-refractivity contribution >= 4 is 50.3 Å². The van der Waals surface area contributed by atoms with E-state index in [0.29, 0.717) is 34.3 Å². The van der Waals surface area contributed by atoms with Crippen LogP contribution in [0.4, 0.5) is 5.69 Å². The number of hydrogen-bond donors (Lipinski definition) is 1. The van der Waals surface area contributed by atoms with Crippen molar-refractivity contribution < 1.29 is 13.9 Å². The molecule has 0 atom stereocenters. The fraction of sp³-hybridized carbons (Fsp3) is 0.107. The summed E-state index contributed by atoms with van der Waals surface area (Å²) in [5, 5.41) is 4.27. The fourth-order valence-corrected chi connectivity index (χ4v) is 4.81. The number of rotatable bonds is 8. The Balaban J connectivity index is 1.42. The van der Waals surface area contributed by atoms with Crippen LogP contribution in [0, 0.1) is 0 Å². The van der Waals surface area contributed by atoms with Crippen LogP contribution in [0.1, 0.15) is 6.92 Å². The number of carbonyl (C=O) groups excluding carboxylic acids is 1. The topological polar surface area (TPSA) is 86.4 Å². The first-order valence-electron chi connectivity index (χ1n) is 11.5. The molecule has 2 heterocycles. The second-order valence-corrected chi connectivity index (χ2v) is 9.89. The van der Waals surface area contributed by atoms with Gasteiger partial charge >= 0.3 is 5.63 Å². The Kier molecular flexibility index (Phi) is 7.43. The maximum atomic E-state index is 12.8. The van der Waals surface area contributed by atoms with Gasteiger partial charge in [-0.15, -0.1) is 0 Å². The highest BCUT2D eigenvalue weighted by Gasteiger charge is 2.17. The Morgan fingerprint density at radius 3 is 2.59 bits per heavy atom. The molecule has 0 aliphatic carbocycles. The van der Waals surface area contributed by atoms with Gasteiger partial charge in [0, 0.05) is 27.4 Å². The quantitative estimate of drug-likeness (QED) is 0.167. The SMILES string of the molecule is CCOc1ccc(NC(=O)CSc2nc(-c3cc4ccccc4oc3=O)cn2-c2ccc(Br)cc2)cc1. The average molecular weight is 576 g/mol. The van der Waals surface area contributed by atoms with E-state index in [1.165, 1.54) is 11.8 Å². The Morgan fingerprint density at radius 1 is 1.08 bits per heavy atom. The molecule has 7 nitrogen and oxygen atoms in total. The summed E-state index contributed by atoms with van der Waals surface area (Å²) in [4.78, 5) is 30.2. The zero-order valence-electron chi connectivity index (χ0n) is 19.8. The van der Waals surface area contributed by atoms with Crippen molar-refractivity contribution in [2.75, 3.05) is 17.7 Å². The van der Waals surface area contributed by atoms with Crippen molar-refractivity contribution in [1.82, 2.24) is 9.55 Å². The van der Waals surface area contributed by atoms with Gasteiger partial charge in [-0.05, 0) is 67.6 Å². The first-order chi connectivity index (χ1) is 18.0. The molecular weight excluding hydrogens is 554 g/mol. The van der Waals surface area contributed by atoms with Crippen LogP contribution in [0.2, 0.25) is 0 Å². The molecule has 2 aromatic heterocycles. The molecule has 0 fully saturated rings. The van der Waals surface area contributed by atoms with Gasteiger partial charge in [-0.1, -0.05) is 45.9 Å². The average Bonchev–Trinajstić information content (AvgIpc) is 3.33. The number of benzene rings is 3. The molecule has 3 aromatic carbocycles. The number of imidazole rings is 1. The van der Waals surface area contributed by atoms with Crippen molar-refractivity contribution in [1.29, 1.82) is 0 Å². The summed E-state index contributed by atoms with van der Waals surface area (Å²) in [7, 11) is 0. The summed E-state index contributed by atoms with van der Waals surface area (Å²) in [6.45, 7) is 2.50. The molecular formula is C28H22BrN3O4S. The van der Waals surface area contributed by atoms with Crippen molar-refractivity contribution in [3.8, 4) is 22.7 Å². The Labute approximate surface area is 225 Å². The van der Waals surface area contributed by atoms with Gasteiger partial charge in [0.1, 0.15) is 11.3 Å². The molecule has 186 valence electrons. The molecule has 0 aliphatic heterocycles. The highest BCUT2D eigenvalue weighted by molar-refractivity contribution is 9.10. The third-order valence-corrected chi connectivity index (χ3v) is 6.96. The van der Waals surface area contributed by atoms with Gasteiger partial charge in [0.2, 0.25) is 5.91 Å². The number of fused-ring (bicyclic) bond motifs is 1. The molecule has 0 aliphatic rings. The molecule has 0 radical (unpaired) electrons. The van der Waals surface area contributed by atoms with Gasteiger partial charge in [0.05, 0.1) is 23.6 Å². The number of hydrogen-bond acceptors (Lipinski definition) is 6. The van der Waals surface area contributed by atoms with E-state index in [9.17, 15) is 9.59 Å². The van der Waals surface area contributed by atoms with E-state index in [0.717, 1.165) is 21.3 Å². The van der Waals surface area contributed by atoms with Crippen LogP contribution in [-0.2, 0) is 4.79 Å². The van der Waals surface area contributed by atoms with E-state index in [-0.39, 0.29) is 11.7 Å². The maximum absolute atomic E-state index is 12.8. The monoisotopic (exact) mass is 575 g/mol. The van der Waals surface area contributed by atoms with Crippen LogP contribution < -0.4 is 15.7 Å². The minimum atomic E-state index is -0.469. The van der Waals surface area contributed by atoms with Gasteiger partial charge in [0.25, 0.3) is 0 Å². The second-order valence-electron chi connectivity index (χ2n) is 8.03. The number of nitrogens with one attached hydrogen (secondary N) is 1. The van der Waals surface area contributed by atoms with Gasteiger partial charge in [-0.3, -0.25) is 9.36 Å². The number of anilines is 1. The first-order valence-corrected chi connectivity index (χ1v) is 13.3. The molecule has 37 heavy (non-hydrogen) atoms. The lowest BCUT2D eigenvalue weighted by atomic mass is 10.1. The van der Waals surface area contributed by atoms with Gasteiger partial charge in [-0.2, -0.15) is 0 Å². The number of aromatic nitrogens is 2. The summed E-state index contributed by atoms with van der Waals surface area (Å²) in [6, 6.07) is 24.1. The number of thioether (sulfide) groups is 1. The van der Waals surface area contributed by atoms with Crippen molar-refractivity contribution in [3.05, 3.63) is 100.0 Å². The summed E-state index contributed by atoms with van der Waals surface area (Å²) in [5.74, 6) is 0.704. The molecule has 0 bridgehead atoms. The van der Waals surface area contributed by atoms with E-state index in [4.69, 9.17) is 14.1 Å². The maximum Gasteiger partial charge on any atom is 0.345 e. The molecule has 0 spiro atoms. The van der Waals surface area contributed by atoms with Crippen LogP contribution in [-0.4, -0.2) is 27.8 Å². The van der Waals surface area contributed by atoms with E-state index in [2.05, 4.69) is 21.2 Å². The Morgan fingerprint density at radius 2 is 1.84 bits per heavy atom. The highest BCUT2D eigenvalue weighted by atomic mass is 79.9. The zero-order valence-corrected chi connectivity index (χ0v) is 22.2. The van der Waals surface area contributed by atoms with Gasteiger partial charge in [0.15, 0.2) is 5.16 Å². The molecule has 0 saturated carbocycles. The van der Waals surface area contributed by atoms with E-state index in [1.807, 2.05) is 66.1 Å². The molecule has 1 amide bonds. The Hall–Kier alpha value is -3.82. The van der Waals surface area contributed by atoms with Crippen molar-refractivity contribution in [2.45, 2.75) is 12.1 Å². The molecule has 0 saturated heterocycles. The van der Waals surface area contributed by atoms with Crippen LogP contribution in [0.15, 0.2) is 104 Å². The normalized spacial score (nSPS) is 11.0. The minimum Gasteiger partial charge on any atom is -0.494 e. The molecule has 5 aromatic rings. The lowest BCUT2D eigenvalue weighted by molar-refractivity contribution is -0.113. The lowest BCUT2D eigenvalue weighted by Gasteiger charge is -2.09. The smallest absolute Gasteiger partial charge is 0.345 e. The standard InChI is InChI=1S/C28H22BrN3O4S/c1-2-35-22-13-9-20(10-14-22)30-26(33)17-37-28-31-24(16-32(28)21-11-7-19(29)8-12-21)23-15-18-5-3-4-6-25(18)36-27(23)34/h3-16H,2,17H2,1H3,(H,30,33). The lowest BCUT2D eigenvalue weighted by Crippen LogP contribution is -2.14. The van der Waals surface area contributed by atoms with E-state index in [1.54, 1.807) is 30.5 Å². The largest absolute Gasteiger partial charge is 0.494 e. The molecule has 9 heteroatoms. The first kappa shape index (κ1) is 24.9. The number of ether oxygens (including phenoxy) is 1.